The van der Waals surface area contributed by atoms with Crippen molar-refractivity contribution < 1.29 is 9.26 Å². The fourth-order valence-electron chi connectivity index (χ4n) is 2.07. The zero-order chi connectivity index (χ0) is 15.0. The van der Waals surface area contributed by atoms with Crippen LogP contribution < -0.4 is 10.5 Å². The first-order valence-electron chi connectivity index (χ1n) is 5.93. The third-order valence-corrected chi connectivity index (χ3v) is 4.73. The molecule has 0 fully saturated rings. The van der Waals surface area contributed by atoms with Gasteiger partial charge in [-0.3, -0.25) is 0 Å². The highest BCUT2D eigenvalue weighted by Gasteiger charge is 2.21. The average Bonchev–Trinajstić information content (AvgIpc) is 3.04. The number of hydrogen-bond acceptors (Lipinski definition) is 5. The Balaban J connectivity index is 2.24. The molecule has 0 bridgehead atoms. The lowest BCUT2D eigenvalue weighted by Gasteiger charge is -2.08. The largest absolute Gasteiger partial charge is 0.496 e. The molecule has 7 heteroatoms. The number of benzene rings is 1. The minimum atomic E-state index is 0.230. The molecule has 0 aliphatic heterocycles. The van der Waals surface area contributed by atoms with Crippen molar-refractivity contribution in [1.29, 1.82) is 0 Å². The lowest BCUT2D eigenvalue weighted by molar-refractivity contribution is 0.416. The maximum atomic E-state index is 6.09. The molecule has 0 atom stereocenters. The summed E-state index contributed by atoms with van der Waals surface area (Å²) in [6.45, 7) is 0. The molecular formula is C14H10BrClN2O2S. The van der Waals surface area contributed by atoms with Crippen molar-refractivity contribution in [3.63, 3.8) is 0 Å². The number of hydrogen-bond donors (Lipinski definition) is 1. The molecule has 3 rings (SSSR count). The maximum Gasteiger partial charge on any atom is 0.230 e. The number of nitrogen functional groups attached to an aromatic ring is 1. The van der Waals surface area contributed by atoms with Gasteiger partial charge in [-0.25, -0.2) is 0 Å². The minimum Gasteiger partial charge on any atom is -0.496 e. The normalized spacial score (nSPS) is 10.8. The molecular weight excluding hydrogens is 376 g/mol. The Bertz CT molecular complexity index is 800. The molecule has 0 radical (unpaired) electrons. The van der Waals surface area contributed by atoms with Crippen LogP contribution in [0.3, 0.4) is 0 Å². The van der Waals surface area contributed by atoms with Crippen LogP contribution in [-0.4, -0.2) is 12.3 Å². The standard InChI is InChI=1S/C14H10BrClN2O2S/c1-19-10-3-2-8(16)5-9(10)12-13(18-20-14(12)17)7-4-11(15)21-6-7/h2-6H,17H2,1H3. The zero-order valence-corrected chi connectivity index (χ0v) is 14.1. The van der Waals surface area contributed by atoms with Gasteiger partial charge in [0.25, 0.3) is 0 Å². The Labute approximate surface area is 138 Å². The highest BCUT2D eigenvalue weighted by atomic mass is 79.9. The average molecular weight is 386 g/mol. The summed E-state index contributed by atoms with van der Waals surface area (Å²) in [6, 6.07) is 7.29. The SMILES string of the molecule is COc1ccc(Cl)cc1-c1c(-c2csc(Br)c2)noc1N. The lowest BCUT2D eigenvalue weighted by atomic mass is 10.0. The van der Waals surface area contributed by atoms with E-state index in [2.05, 4.69) is 21.1 Å². The molecule has 2 aromatic heterocycles. The van der Waals surface area contributed by atoms with Gasteiger partial charge in [0, 0.05) is 21.5 Å². The molecule has 21 heavy (non-hydrogen) atoms. The summed E-state index contributed by atoms with van der Waals surface area (Å²) in [7, 11) is 1.59. The molecule has 2 heterocycles. The number of methoxy groups -OCH3 is 1. The Morgan fingerprint density at radius 3 is 2.86 bits per heavy atom. The first-order chi connectivity index (χ1) is 10.1. The monoisotopic (exact) mass is 384 g/mol. The number of halogens is 2. The van der Waals surface area contributed by atoms with Crippen LogP contribution in [-0.2, 0) is 0 Å². The van der Waals surface area contributed by atoms with Gasteiger partial charge in [-0.15, -0.1) is 11.3 Å². The second-order valence-corrected chi connectivity index (χ2v) is 6.98. The summed E-state index contributed by atoms with van der Waals surface area (Å²) < 4.78 is 11.6. The second kappa shape index (κ2) is 5.71. The zero-order valence-electron chi connectivity index (χ0n) is 10.9. The van der Waals surface area contributed by atoms with E-state index in [4.69, 9.17) is 26.6 Å². The molecule has 0 saturated carbocycles. The summed E-state index contributed by atoms with van der Waals surface area (Å²) in [6.07, 6.45) is 0. The minimum absolute atomic E-state index is 0.230. The van der Waals surface area contributed by atoms with Crippen molar-refractivity contribution in [3.8, 4) is 28.1 Å². The van der Waals surface area contributed by atoms with Crippen molar-refractivity contribution in [2.24, 2.45) is 0 Å². The van der Waals surface area contributed by atoms with Gasteiger partial charge >= 0.3 is 0 Å². The van der Waals surface area contributed by atoms with Gasteiger partial charge in [0.05, 0.1) is 16.5 Å². The second-order valence-electron chi connectivity index (χ2n) is 4.25. The number of nitrogens with two attached hydrogens (primary N) is 1. The highest BCUT2D eigenvalue weighted by Crippen LogP contribution is 2.43. The first-order valence-corrected chi connectivity index (χ1v) is 7.98. The molecule has 108 valence electrons. The number of ether oxygens (including phenoxy) is 1. The van der Waals surface area contributed by atoms with E-state index in [1.165, 1.54) is 0 Å². The molecule has 3 aromatic rings. The summed E-state index contributed by atoms with van der Waals surface area (Å²) in [5.41, 5.74) is 8.97. The van der Waals surface area contributed by atoms with E-state index < -0.39 is 0 Å². The Kier molecular flexibility index (Phi) is 3.93. The molecule has 0 aliphatic rings. The van der Waals surface area contributed by atoms with Gasteiger partial charge in [0.1, 0.15) is 11.4 Å². The van der Waals surface area contributed by atoms with Crippen molar-refractivity contribution in [3.05, 3.63) is 38.5 Å². The van der Waals surface area contributed by atoms with E-state index in [1.54, 1.807) is 36.6 Å². The van der Waals surface area contributed by atoms with Crippen LogP contribution >= 0.6 is 38.9 Å². The summed E-state index contributed by atoms with van der Waals surface area (Å²) in [4.78, 5) is 0. The summed E-state index contributed by atoms with van der Waals surface area (Å²) in [5.74, 6) is 0.887. The fraction of sp³-hybridized carbons (Fsp3) is 0.0714. The number of nitrogens with zero attached hydrogens (tertiary/aromatic N) is 1. The van der Waals surface area contributed by atoms with Crippen molar-refractivity contribution in [2.75, 3.05) is 12.8 Å². The molecule has 0 saturated heterocycles. The molecule has 1 aromatic carbocycles. The van der Waals surface area contributed by atoms with Crippen LogP contribution in [0.15, 0.2) is 38.0 Å². The maximum absolute atomic E-state index is 6.09. The molecule has 0 unspecified atom stereocenters. The van der Waals surface area contributed by atoms with Gasteiger partial charge < -0.3 is 15.0 Å². The molecule has 0 spiro atoms. The quantitative estimate of drug-likeness (QED) is 0.683. The van der Waals surface area contributed by atoms with Gasteiger partial charge in [0.2, 0.25) is 5.88 Å². The van der Waals surface area contributed by atoms with Crippen LogP contribution in [0.4, 0.5) is 5.88 Å². The molecule has 0 amide bonds. The summed E-state index contributed by atoms with van der Waals surface area (Å²) in [5, 5.41) is 6.63. The predicted molar refractivity (Wildman–Crippen MR) is 88.9 cm³/mol. The van der Waals surface area contributed by atoms with E-state index in [-0.39, 0.29) is 5.88 Å². The third kappa shape index (κ3) is 2.66. The first kappa shape index (κ1) is 14.4. The van der Waals surface area contributed by atoms with Gasteiger partial charge in [-0.2, -0.15) is 0 Å². The fourth-order valence-corrected chi connectivity index (χ4v) is 3.38. The molecule has 2 N–H and O–H groups in total. The van der Waals surface area contributed by atoms with Crippen LogP contribution in [0, 0.1) is 0 Å². The van der Waals surface area contributed by atoms with E-state index >= 15 is 0 Å². The predicted octanol–water partition coefficient (Wildman–Crippen LogP) is 5.08. The van der Waals surface area contributed by atoms with Crippen LogP contribution in [0.25, 0.3) is 22.4 Å². The smallest absolute Gasteiger partial charge is 0.230 e. The number of anilines is 1. The third-order valence-electron chi connectivity index (χ3n) is 2.99. The molecule has 0 aliphatic carbocycles. The van der Waals surface area contributed by atoms with Crippen molar-refractivity contribution in [2.45, 2.75) is 0 Å². The topological polar surface area (TPSA) is 61.3 Å². The lowest BCUT2D eigenvalue weighted by Crippen LogP contribution is -1.92. The highest BCUT2D eigenvalue weighted by molar-refractivity contribution is 9.11. The van der Waals surface area contributed by atoms with Gasteiger partial charge in [-0.05, 0) is 40.2 Å². The van der Waals surface area contributed by atoms with E-state index in [0.717, 1.165) is 14.9 Å². The Morgan fingerprint density at radius 1 is 1.38 bits per heavy atom. The number of rotatable bonds is 3. The van der Waals surface area contributed by atoms with Crippen LogP contribution in [0.2, 0.25) is 5.02 Å². The van der Waals surface area contributed by atoms with Crippen LogP contribution in [0.1, 0.15) is 0 Å². The van der Waals surface area contributed by atoms with E-state index in [1.807, 2.05) is 11.4 Å². The number of thiophene rings is 1. The van der Waals surface area contributed by atoms with Crippen molar-refractivity contribution in [1.82, 2.24) is 5.16 Å². The Morgan fingerprint density at radius 2 is 2.19 bits per heavy atom. The summed E-state index contributed by atoms with van der Waals surface area (Å²) >= 11 is 11.1. The number of aromatic nitrogens is 1. The van der Waals surface area contributed by atoms with E-state index in [0.29, 0.717) is 22.0 Å². The van der Waals surface area contributed by atoms with Crippen LogP contribution in [0.5, 0.6) is 5.75 Å². The van der Waals surface area contributed by atoms with Gasteiger partial charge in [-0.1, -0.05) is 16.8 Å². The Hall–Kier alpha value is -1.50. The molecule has 4 nitrogen and oxygen atoms in total. The van der Waals surface area contributed by atoms with Crippen molar-refractivity contribution >= 4 is 44.8 Å². The van der Waals surface area contributed by atoms with Gasteiger partial charge in [0.15, 0.2) is 0 Å². The van der Waals surface area contributed by atoms with E-state index in [9.17, 15) is 0 Å².